The van der Waals surface area contributed by atoms with Gasteiger partial charge < -0.3 is 9.32 Å². The fraction of sp³-hybridized carbons (Fsp3) is 0.0625. The molecule has 1 heterocycles. The van der Waals surface area contributed by atoms with Crippen molar-refractivity contribution in [2.24, 2.45) is 0 Å². The number of fused-ring (bicyclic) bond motifs is 9. The number of furan rings is 1. The van der Waals surface area contributed by atoms with Crippen LogP contribution in [0.25, 0.3) is 66.4 Å². The molecule has 0 aliphatic heterocycles. The van der Waals surface area contributed by atoms with Gasteiger partial charge >= 0.3 is 0 Å². The molecule has 0 N–H and O–H groups in total. The summed E-state index contributed by atoms with van der Waals surface area (Å²) in [5.74, 6) is 0. The number of hydrogen-bond acceptors (Lipinski definition) is 2. The first-order valence-corrected chi connectivity index (χ1v) is 24.2. The minimum atomic E-state index is -1.98. The van der Waals surface area contributed by atoms with E-state index in [0.717, 1.165) is 94.6 Å². The Kier molecular flexibility index (Phi) is 10.0. The van der Waals surface area contributed by atoms with Gasteiger partial charge in [-0.15, -0.1) is 10.2 Å². The Morgan fingerprint density at radius 2 is 0.806 bits per heavy atom. The van der Waals surface area contributed by atoms with Gasteiger partial charge in [0.1, 0.15) is 11.2 Å². The Hall–Kier alpha value is -7.81. The van der Waals surface area contributed by atoms with Crippen molar-refractivity contribution in [1.29, 1.82) is 0 Å². The summed E-state index contributed by atoms with van der Waals surface area (Å²) < 4.78 is 6.53. The summed E-state index contributed by atoms with van der Waals surface area (Å²) in [4.78, 5) is 2.26. The van der Waals surface area contributed by atoms with Crippen molar-refractivity contribution in [3.05, 3.63) is 270 Å². The van der Waals surface area contributed by atoms with E-state index in [1.54, 1.807) is 0 Å². The highest BCUT2D eigenvalue weighted by atomic mass is 16.3. The highest BCUT2D eigenvalue weighted by Crippen LogP contribution is 2.65. The predicted molar refractivity (Wildman–Crippen MR) is 303 cm³/mol. The van der Waals surface area contributed by atoms with Gasteiger partial charge in [-0.3, -0.25) is 0 Å². The Morgan fingerprint density at radius 1 is 0.333 bits per heavy atom. The van der Waals surface area contributed by atoms with Gasteiger partial charge in [0, 0.05) is 33.4 Å². The van der Waals surface area contributed by atoms with Gasteiger partial charge in [-0.2, -0.15) is 0 Å². The third kappa shape index (κ3) is 6.37. The maximum atomic E-state index is 6.84. The van der Waals surface area contributed by atoms with E-state index >= 15 is 0 Å². The van der Waals surface area contributed by atoms with Crippen molar-refractivity contribution in [2.75, 3.05) is 4.90 Å². The number of para-hydroxylation sites is 2. The molecule has 0 saturated carbocycles. The number of nitrogens with zero attached hydrogens (tertiary/aromatic N) is 1. The van der Waals surface area contributed by atoms with Crippen molar-refractivity contribution in [3.63, 3.8) is 0 Å². The molecule has 13 rings (SSSR count). The Balaban J connectivity index is 1.03. The molecule has 8 heteroatoms. The second-order valence-electron chi connectivity index (χ2n) is 19.4. The van der Waals surface area contributed by atoms with Crippen LogP contribution in [0.2, 0.25) is 10.2 Å². The summed E-state index contributed by atoms with van der Waals surface area (Å²) in [5.41, 5.74) is 16.3. The lowest BCUT2D eigenvalue weighted by atomic mass is 9.18. The zero-order valence-corrected chi connectivity index (χ0v) is 39.3. The second-order valence-corrected chi connectivity index (χ2v) is 19.4. The van der Waals surface area contributed by atoms with Crippen LogP contribution in [-0.4, -0.2) is 47.1 Å². The molecule has 1 unspecified atom stereocenters. The molecule has 2 aliphatic carbocycles. The van der Waals surface area contributed by atoms with Crippen molar-refractivity contribution in [3.8, 4) is 44.5 Å². The molecule has 0 amide bonds. The molecular weight excluding hydrogens is 864 g/mol. The predicted octanol–water partition coefficient (Wildman–Crippen LogP) is 14.2. The minimum Gasteiger partial charge on any atom is -0.455 e. The number of anilines is 3. The molecule has 72 heavy (non-hydrogen) atoms. The SMILES string of the molecule is [B]C([B])([B])C1(C([B])([B])[B])c2ccccc2-c2ccc(N(c3ccc(-c4ccccc4)cc3)c3ccc4c(c3)C(c3ccccc3)(c3ccc(-c5cccc6c5oc5ccccc56)cc3)c3ccccc3-4)cc21. The largest absolute Gasteiger partial charge is 0.455 e. The van der Waals surface area contributed by atoms with Gasteiger partial charge in [0.05, 0.1) is 52.5 Å². The molecule has 324 valence electrons. The van der Waals surface area contributed by atoms with Crippen LogP contribution in [0.15, 0.2) is 241 Å². The molecule has 0 saturated heterocycles. The molecule has 1 atom stereocenters. The monoisotopic (exact) mass is 903 g/mol. The first kappa shape index (κ1) is 44.2. The molecule has 11 aromatic rings. The first-order valence-electron chi connectivity index (χ1n) is 24.2. The normalized spacial score (nSPS) is 15.4. The summed E-state index contributed by atoms with van der Waals surface area (Å²) in [6.45, 7) is 0. The van der Waals surface area contributed by atoms with Crippen molar-refractivity contribution >= 4 is 86.1 Å². The van der Waals surface area contributed by atoms with E-state index in [0.29, 0.717) is 11.1 Å². The lowest BCUT2D eigenvalue weighted by molar-refractivity contribution is 0.533. The Morgan fingerprint density at radius 3 is 1.49 bits per heavy atom. The van der Waals surface area contributed by atoms with E-state index in [1.165, 1.54) is 11.1 Å². The summed E-state index contributed by atoms with van der Waals surface area (Å²) >= 11 is 0. The Bertz CT molecular complexity index is 3880. The van der Waals surface area contributed by atoms with Crippen molar-refractivity contribution in [1.82, 2.24) is 0 Å². The average Bonchev–Trinajstić information content (AvgIpc) is 4.04. The molecule has 1 aromatic heterocycles. The van der Waals surface area contributed by atoms with E-state index in [9.17, 15) is 0 Å². The number of benzene rings is 10. The van der Waals surface area contributed by atoms with Crippen molar-refractivity contribution in [2.45, 2.75) is 21.1 Å². The second kappa shape index (κ2) is 16.4. The standard InChI is InChI=1S/C64H39B6NO/c65-63(66,67)62(64(68,69)70)56-24-11-8-19-50(56)52-37-35-47(39-58(52)62)71(45-32-28-41(29-33-45)40-14-3-1-4-15-40)46-34-36-51-49-18-7-10-23-55(49)61(57(51)38-46,43-16-5-2-6-17-43)44-30-26-42(27-31-44)48-21-13-22-54-53-20-9-12-25-59(53)72-60(48)54/h1-39H. The number of hydrogen-bond donors (Lipinski definition) is 0. The quantitative estimate of drug-likeness (QED) is 0.134. The van der Waals surface area contributed by atoms with E-state index in [4.69, 9.17) is 51.5 Å². The molecule has 0 fully saturated rings. The smallest absolute Gasteiger partial charge is 0.143 e. The zero-order valence-electron chi connectivity index (χ0n) is 39.3. The van der Waals surface area contributed by atoms with Crippen LogP contribution in [-0.2, 0) is 10.8 Å². The molecule has 12 radical (unpaired) electrons. The van der Waals surface area contributed by atoms with Gasteiger partial charge in [-0.1, -0.05) is 194 Å². The topological polar surface area (TPSA) is 16.4 Å². The maximum absolute atomic E-state index is 6.84. The van der Waals surface area contributed by atoms with Crippen LogP contribution in [0.1, 0.15) is 33.4 Å². The van der Waals surface area contributed by atoms with E-state index < -0.39 is 21.1 Å². The average molecular weight is 903 g/mol. The molecule has 0 spiro atoms. The molecule has 2 aliphatic rings. The van der Waals surface area contributed by atoms with Gasteiger partial charge in [-0.25, -0.2) is 0 Å². The van der Waals surface area contributed by atoms with Crippen LogP contribution in [0.5, 0.6) is 0 Å². The van der Waals surface area contributed by atoms with E-state index in [-0.39, 0.29) is 0 Å². The third-order valence-electron chi connectivity index (χ3n) is 15.3. The lowest BCUT2D eigenvalue weighted by Gasteiger charge is -2.56. The minimum absolute atomic E-state index is 0.637. The van der Waals surface area contributed by atoms with Gasteiger partial charge in [0.15, 0.2) is 0 Å². The fourth-order valence-corrected chi connectivity index (χ4v) is 12.4. The van der Waals surface area contributed by atoms with Gasteiger partial charge in [0.2, 0.25) is 0 Å². The molecule has 2 nitrogen and oxygen atoms in total. The van der Waals surface area contributed by atoms with Gasteiger partial charge in [-0.05, 0) is 120 Å². The number of rotatable bonds is 9. The summed E-state index contributed by atoms with van der Waals surface area (Å²) in [6, 6.07) is 83.1. The highest BCUT2D eigenvalue weighted by Gasteiger charge is 2.55. The van der Waals surface area contributed by atoms with Crippen LogP contribution in [0, 0.1) is 0 Å². The van der Waals surface area contributed by atoms with E-state index in [1.807, 2.05) is 42.5 Å². The maximum Gasteiger partial charge on any atom is 0.143 e. The molecule has 10 aromatic carbocycles. The first-order chi connectivity index (χ1) is 35.0. The zero-order chi connectivity index (χ0) is 49.0. The van der Waals surface area contributed by atoms with E-state index in [2.05, 4.69) is 199 Å². The van der Waals surface area contributed by atoms with Crippen LogP contribution in [0.3, 0.4) is 0 Å². The van der Waals surface area contributed by atoms with Gasteiger partial charge in [0.25, 0.3) is 0 Å². The van der Waals surface area contributed by atoms with Crippen molar-refractivity contribution < 1.29 is 4.42 Å². The molecular formula is C64H39B6NO. The summed E-state index contributed by atoms with van der Waals surface area (Å²) in [5, 5.41) is -1.75. The lowest BCUT2D eigenvalue weighted by Crippen LogP contribution is -2.52. The third-order valence-corrected chi connectivity index (χ3v) is 15.3. The van der Waals surface area contributed by atoms with Crippen LogP contribution < -0.4 is 4.90 Å². The summed E-state index contributed by atoms with van der Waals surface area (Å²) in [7, 11) is 41.0. The van der Waals surface area contributed by atoms with Crippen LogP contribution >= 0.6 is 0 Å². The van der Waals surface area contributed by atoms with Crippen LogP contribution in [0.4, 0.5) is 17.1 Å². The fourth-order valence-electron chi connectivity index (χ4n) is 12.4. The Labute approximate surface area is 428 Å². The summed E-state index contributed by atoms with van der Waals surface area (Å²) in [6.07, 6.45) is 0. The highest BCUT2D eigenvalue weighted by molar-refractivity contribution is 6.66. The molecule has 0 bridgehead atoms.